The fourth-order valence-electron chi connectivity index (χ4n) is 1.56. The number of hydrogen-bond acceptors (Lipinski definition) is 4. The van der Waals surface area contributed by atoms with Crippen LogP contribution in [0.15, 0.2) is 0 Å². The van der Waals surface area contributed by atoms with Gasteiger partial charge in [-0.05, 0) is 18.8 Å². The minimum atomic E-state index is -0.792. The molecule has 0 aliphatic heterocycles. The van der Waals surface area contributed by atoms with E-state index < -0.39 is 11.9 Å². The highest BCUT2D eigenvalue weighted by Crippen LogP contribution is 2.30. The summed E-state index contributed by atoms with van der Waals surface area (Å²) in [5.41, 5.74) is 5.08. The van der Waals surface area contributed by atoms with E-state index in [-0.39, 0.29) is 0 Å². The van der Waals surface area contributed by atoms with Crippen molar-refractivity contribution in [3.8, 4) is 0 Å². The molecule has 0 heterocycles. The van der Waals surface area contributed by atoms with E-state index in [1.165, 1.54) is 7.11 Å². The second-order valence-electron chi connectivity index (χ2n) is 3.80. The smallest absolute Gasteiger partial charge is 0.438 e. The van der Waals surface area contributed by atoms with Gasteiger partial charge in [-0.2, -0.15) is 0 Å². The molecule has 1 saturated carbocycles. The van der Waals surface area contributed by atoms with E-state index in [0.29, 0.717) is 5.92 Å². The van der Waals surface area contributed by atoms with Crippen molar-refractivity contribution in [2.24, 2.45) is 11.7 Å². The van der Waals surface area contributed by atoms with Gasteiger partial charge in [0.2, 0.25) is 0 Å². The number of methoxy groups -OCH3 is 1. The summed E-state index contributed by atoms with van der Waals surface area (Å²) in [4.78, 5) is 10.8. The summed E-state index contributed by atoms with van der Waals surface area (Å²) in [5.74, 6) is 0.679. The van der Waals surface area contributed by atoms with Crippen LogP contribution in [0.3, 0.4) is 0 Å². The molecule has 4 nitrogen and oxygen atoms in total. The standard InChI is InChI=1S/C9H17NO3/c1-7-3-5-9(10,6-4-7)13-8(11)12-2/h7H,3-6,10H2,1-2H3. The minimum Gasteiger partial charge on any atom is -0.438 e. The molecular formula is C9H17NO3. The zero-order chi connectivity index (χ0) is 9.90. The molecule has 0 aromatic rings. The van der Waals surface area contributed by atoms with Gasteiger partial charge < -0.3 is 9.47 Å². The van der Waals surface area contributed by atoms with Gasteiger partial charge in [0, 0.05) is 12.8 Å². The summed E-state index contributed by atoms with van der Waals surface area (Å²) >= 11 is 0. The molecule has 1 aliphatic rings. The van der Waals surface area contributed by atoms with Crippen LogP contribution in [0.2, 0.25) is 0 Å². The van der Waals surface area contributed by atoms with Crippen molar-refractivity contribution in [2.75, 3.05) is 7.11 Å². The van der Waals surface area contributed by atoms with Crippen LogP contribution in [-0.4, -0.2) is 19.0 Å². The normalized spacial score (nSPS) is 33.9. The maximum atomic E-state index is 10.8. The molecule has 1 aliphatic carbocycles. The maximum absolute atomic E-state index is 10.8. The van der Waals surface area contributed by atoms with Gasteiger partial charge in [0.05, 0.1) is 7.11 Å². The second-order valence-corrected chi connectivity index (χ2v) is 3.80. The first kappa shape index (κ1) is 10.3. The van der Waals surface area contributed by atoms with Gasteiger partial charge in [0.15, 0.2) is 5.72 Å². The topological polar surface area (TPSA) is 61.5 Å². The first-order chi connectivity index (χ1) is 6.06. The van der Waals surface area contributed by atoms with Crippen molar-refractivity contribution in [1.82, 2.24) is 0 Å². The highest BCUT2D eigenvalue weighted by atomic mass is 16.7. The van der Waals surface area contributed by atoms with Crippen LogP contribution in [0.4, 0.5) is 4.79 Å². The quantitative estimate of drug-likeness (QED) is 0.500. The van der Waals surface area contributed by atoms with Crippen LogP contribution in [0.1, 0.15) is 32.6 Å². The first-order valence-electron chi connectivity index (χ1n) is 4.61. The Kier molecular flexibility index (Phi) is 3.14. The molecule has 0 aromatic carbocycles. The molecule has 0 atom stereocenters. The number of carbonyl (C=O) groups is 1. The van der Waals surface area contributed by atoms with Crippen molar-refractivity contribution < 1.29 is 14.3 Å². The minimum absolute atomic E-state index is 0.679. The molecule has 4 heteroatoms. The Morgan fingerprint density at radius 3 is 2.46 bits per heavy atom. The van der Waals surface area contributed by atoms with Crippen LogP contribution in [0, 0.1) is 5.92 Å². The lowest BCUT2D eigenvalue weighted by molar-refractivity contribution is -0.0510. The number of nitrogens with two attached hydrogens (primary N) is 1. The third-order valence-corrected chi connectivity index (χ3v) is 2.57. The van der Waals surface area contributed by atoms with Gasteiger partial charge in [-0.25, -0.2) is 4.79 Å². The molecule has 76 valence electrons. The predicted octanol–water partition coefficient (Wildman–Crippen LogP) is 1.63. The summed E-state index contributed by atoms with van der Waals surface area (Å²) in [5, 5.41) is 0. The Balaban J connectivity index is 2.43. The average molecular weight is 187 g/mol. The number of hydrogen-bond donors (Lipinski definition) is 1. The fraction of sp³-hybridized carbons (Fsp3) is 0.889. The zero-order valence-electron chi connectivity index (χ0n) is 8.21. The summed E-state index contributed by atoms with van der Waals surface area (Å²) in [6, 6.07) is 0. The van der Waals surface area contributed by atoms with Gasteiger partial charge in [-0.3, -0.25) is 5.73 Å². The largest absolute Gasteiger partial charge is 0.509 e. The molecule has 0 radical (unpaired) electrons. The Morgan fingerprint density at radius 2 is 2.00 bits per heavy atom. The summed E-state index contributed by atoms with van der Waals surface area (Å²) in [6.07, 6.45) is 2.78. The van der Waals surface area contributed by atoms with Crippen molar-refractivity contribution >= 4 is 6.16 Å². The molecule has 0 saturated heterocycles. The van der Waals surface area contributed by atoms with Crippen molar-refractivity contribution in [3.05, 3.63) is 0 Å². The molecule has 1 fully saturated rings. The molecule has 13 heavy (non-hydrogen) atoms. The molecule has 0 bridgehead atoms. The van der Waals surface area contributed by atoms with Gasteiger partial charge in [-0.1, -0.05) is 6.92 Å². The number of carbonyl (C=O) groups excluding carboxylic acids is 1. The van der Waals surface area contributed by atoms with Gasteiger partial charge >= 0.3 is 6.16 Å². The number of ether oxygens (including phenoxy) is 2. The third kappa shape index (κ3) is 2.88. The van der Waals surface area contributed by atoms with Crippen LogP contribution in [0.5, 0.6) is 0 Å². The van der Waals surface area contributed by atoms with Gasteiger partial charge in [-0.15, -0.1) is 0 Å². The van der Waals surface area contributed by atoms with Crippen LogP contribution in [-0.2, 0) is 9.47 Å². The molecule has 0 amide bonds. The summed E-state index contributed by atoms with van der Waals surface area (Å²) in [6.45, 7) is 2.18. The molecule has 0 aromatic heterocycles. The Hall–Kier alpha value is -0.770. The van der Waals surface area contributed by atoms with Crippen LogP contribution >= 0.6 is 0 Å². The highest BCUT2D eigenvalue weighted by Gasteiger charge is 2.34. The fourth-order valence-corrected chi connectivity index (χ4v) is 1.56. The maximum Gasteiger partial charge on any atom is 0.509 e. The monoisotopic (exact) mass is 187 g/mol. The van der Waals surface area contributed by atoms with Crippen LogP contribution in [0.25, 0.3) is 0 Å². The average Bonchev–Trinajstić information content (AvgIpc) is 2.10. The molecular weight excluding hydrogens is 170 g/mol. The summed E-state index contributed by atoms with van der Waals surface area (Å²) in [7, 11) is 1.29. The van der Waals surface area contributed by atoms with E-state index in [1.54, 1.807) is 0 Å². The van der Waals surface area contributed by atoms with E-state index in [2.05, 4.69) is 11.7 Å². The van der Waals surface area contributed by atoms with E-state index in [1.807, 2.05) is 0 Å². The van der Waals surface area contributed by atoms with Gasteiger partial charge in [0.1, 0.15) is 0 Å². The lowest BCUT2D eigenvalue weighted by Gasteiger charge is -2.34. The van der Waals surface area contributed by atoms with Crippen LogP contribution < -0.4 is 5.73 Å². The van der Waals surface area contributed by atoms with E-state index in [4.69, 9.17) is 10.5 Å². The lowest BCUT2D eigenvalue weighted by Crippen LogP contribution is -2.47. The zero-order valence-corrected chi connectivity index (χ0v) is 8.21. The Morgan fingerprint density at radius 1 is 1.46 bits per heavy atom. The first-order valence-corrected chi connectivity index (χ1v) is 4.61. The van der Waals surface area contributed by atoms with Crippen molar-refractivity contribution in [1.29, 1.82) is 0 Å². The van der Waals surface area contributed by atoms with E-state index in [0.717, 1.165) is 25.7 Å². The lowest BCUT2D eigenvalue weighted by atomic mass is 9.85. The van der Waals surface area contributed by atoms with E-state index in [9.17, 15) is 4.79 Å². The van der Waals surface area contributed by atoms with Crippen molar-refractivity contribution in [3.63, 3.8) is 0 Å². The molecule has 0 spiro atoms. The third-order valence-electron chi connectivity index (χ3n) is 2.57. The SMILES string of the molecule is COC(=O)OC1(N)CCC(C)CC1. The predicted molar refractivity (Wildman–Crippen MR) is 48.0 cm³/mol. The summed E-state index contributed by atoms with van der Waals surface area (Å²) < 4.78 is 9.40. The molecule has 1 rings (SSSR count). The molecule has 0 unspecified atom stereocenters. The van der Waals surface area contributed by atoms with Gasteiger partial charge in [0.25, 0.3) is 0 Å². The Labute approximate surface area is 78.4 Å². The Bertz CT molecular complexity index is 185. The van der Waals surface area contributed by atoms with Crippen molar-refractivity contribution in [2.45, 2.75) is 38.3 Å². The molecule has 2 N–H and O–H groups in total. The highest BCUT2D eigenvalue weighted by molar-refractivity contribution is 5.60. The number of rotatable bonds is 1. The van der Waals surface area contributed by atoms with E-state index >= 15 is 0 Å². The second kappa shape index (κ2) is 3.96.